The molecule has 0 aromatic carbocycles. The SMILES string of the molecule is CCC(C)C(N)C(=O)NC(CCCCN)C(=O)NC(CC(N)=O)C(=O)NC(C(=O)O)C(C)O. The first kappa shape index (κ1) is 30.2. The molecular weight excluding hydrogens is 436 g/mol. The van der Waals surface area contributed by atoms with Gasteiger partial charge in [0.1, 0.15) is 12.1 Å². The van der Waals surface area contributed by atoms with Crippen LogP contribution in [0.25, 0.3) is 0 Å². The molecule has 0 spiro atoms. The van der Waals surface area contributed by atoms with Crippen LogP contribution in [0.15, 0.2) is 0 Å². The molecule has 0 aliphatic rings. The van der Waals surface area contributed by atoms with Gasteiger partial charge in [0.2, 0.25) is 23.6 Å². The van der Waals surface area contributed by atoms with E-state index in [9.17, 15) is 29.1 Å². The molecule has 0 fully saturated rings. The van der Waals surface area contributed by atoms with E-state index < -0.39 is 66.3 Å². The van der Waals surface area contributed by atoms with E-state index in [2.05, 4.69) is 16.0 Å². The van der Waals surface area contributed by atoms with Crippen molar-refractivity contribution in [1.29, 1.82) is 0 Å². The summed E-state index contributed by atoms with van der Waals surface area (Å²) in [5.74, 6) is -4.93. The molecule has 4 amide bonds. The minimum atomic E-state index is -1.67. The highest BCUT2D eigenvalue weighted by molar-refractivity contribution is 5.96. The highest BCUT2D eigenvalue weighted by Crippen LogP contribution is 2.08. The van der Waals surface area contributed by atoms with Crippen molar-refractivity contribution in [2.75, 3.05) is 6.54 Å². The Morgan fingerprint density at radius 3 is 1.91 bits per heavy atom. The van der Waals surface area contributed by atoms with Crippen LogP contribution in [0.1, 0.15) is 52.9 Å². The molecule has 0 aromatic heterocycles. The van der Waals surface area contributed by atoms with Gasteiger partial charge in [-0.05, 0) is 38.6 Å². The zero-order chi connectivity index (χ0) is 25.7. The molecule has 6 atom stereocenters. The molecule has 0 rings (SSSR count). The van der Waals surface area contributed by atoms with Gasteiger partial charge in [-0.2, -0.15) is 0 Å². The number of unbranched alkanes of at least 4 members (excludes halogenated alkanes) is 1. The Balaban J connectivity index is 5.55. The molecule has 33 heavy (non-hydrogen) atoms. The number of carboxylic acid groups (broad SMARTS) is 1. The summed E-state index contributed by atoms with van der Waals surface area (Å²) in [6.07, 6.45) is -0.160. The molecule has 0 saturated heterocycles. The van der Waals surface area contributed by atoms with Crippen LogP contribution in [0, 0.1) is 5.92 Å². The summed E-state index contributed by atoms with van der Waals surface area (Å²) in [5.41, 5.74) is 16.6. The predicted octanol–water partition coefficient (Wildman–Crippen LogP) is -2.72. The fourth-order valence-corrected chi connectivity index (χ4v) is 2.87. The Bertz CT molecular complexity index is 688. The minimum absolute atomic E-state index is 0.139. The Kier molecular flexibility index (Phi) is 13.9. The molecular formula is C20H38N6O7. The van der Waals surface area contributed by atoms with Crippen LogP contribution in [0.4, 0.5) is 0 Å². The molecule has 0 saturated carbocycles. The second-order valence-electron chi connectivity index (χ2n) is 8.05. The highest BCUT2D eigenvalue weighted by Gasteiger charge is 2.32. The van der Waals surface area contributed by atoms with E-state index in [0.29, 0.717) is 25.8 Å². The molecule has 0 aliphatic heterocycles. The molecule has 190 valence electrons. The molecule has 0 aliphatic carbocycles. The second kappa shape index (κ2) is 15.1. The van der Waals surface area contributed by atoms with Crippen molar-refractivity contribution in [3.63, 3.8) is 0 Å². The maximum atomic E-state index is 12.9. The second-order valence-corrected chi connectivity index (χ2v) is 8.05. The maximum Gasteiger partial charge on any atom is 0.328 e. The lowest BCUT2D eigenvalue weighted by atomic mass is 9.98. The number of carboxylic acids is 1. The number of hydrogen-bond acceptors (Lipinski definition) is 8. The van der Waals surface area contributed by atoms with E-state index in [-0.39, 0.29) is 12.3 Å². The Morgan fingerprint density at radius 2 is 1.45 bits per heavy atom. The van der Waals surface area contributed by atoms with Crippen molar-refractivity contribution >= 4 is 29.6 Å². The number of primary amides is 1. The van der Waals surface area contributed by atoms with Crippen molar-refractivity contribution in [3.05, 3.63) is 0 Å². The van der Waals surface area contributed by atoms with E-state index >= 15 is 0 Å². The summed E-state index contributed by atoms with van der Waals surface area (Å²) in [6, 6.07) is -5.12. The fraction of sp³-hybridized carbons (Fsp3) is 0.750. The van der Waals surface area contributed by atoms with E-state index in [1.54, 1.807) is 6.92 Å². The predicted molar refractivity (Wildman–Crippen MR) is 119 cm³/mol. The zero-order valence-corrected chi connectivity index (χ0v) is 19.4. The fourth-order valence-electron chi connectivity index (χ4n) is 2.87. The van der Waals surface area contributed by atoms with Gasteiger partial charge in [0.15, 0.2) is 6.04 Å². The summed E-state index contributed by atoms with van der Waals surface area (Å²) in [6.45, 7) is 5.19. The van der Waals surface area contributed by atoms with E-state index in [1.165, 1.54) is 0 Å². The number of amides is 4. The maximum absolute atomic E-state index is 12.9. The molecule has 0 aromatic rings. The lowest BCUT2D eigenvalue weighted by Gasteiger charge is -2.26. The standard InChI is InChI=1S/C20H38N6O7/c1-4-10(2)15(23)19(31)24-12(7-5-6-8-21)17(29)25-13(9-14(22)28)18(30)26-16(11(3)27)20(32)33/h10-13,15-16,27H,4-9,21,23H2,1-3H3,(H2,22,28)(H,24,31)(H,25,29)(H,26,30)(H,32,33). The average Bonchev–Trinajstić information content (AvgIpc) is 2.73. The molecule has 6 unspecified atom stereocenters. The number of aliphatic hydroxyl groups excluding tert-OH is 1. The first-order chi connectivity index (χ1) is 15.3. The lowest BCUT2D eigenvalue weighted by molar-refractivity contribution is -0.145. The first-order valence-electron chi connectivity index (χ1n) is 10.9. The normalized spacial score (nSPS) is 16.4. The number of aliphatic hydroxyl groups is 1. The smallest absolute Gasteiger partial charge is 0.328 e. The molecule has 0 radical (unpaired) electrons. The highest BCUT2D eigenvalue weighted by atomic mass is 16.4. The Morgan fingerprint density at radius 1 is 0.909 bits per heavy atom. The number of nitrogens with two attached hydrogens (primary N) is 3. The van der Waals surface area contributed by atoms with Gasteiger partial charge >= 0.3 is 5.97 Å². The summed E-state index contributed by atoms with van der Waals surface area (Å²) >= 11 is 0. The molecule has 0 bridgehead atoms. The summed E-state index contributed by atoms with van der Waals surface area (Å²) in [4.78, 5) is 60.6. The van der Waals surface area contributed by atoms with Gasteiger partial charge in [0.05, 0.1) is 18.6 Å². The van der Waals surface area contributed by atoms with Crippen LogP contribution in [0.2, 0.25) is 0 Å². The number of nitrogens with one attached hydrogen (secondary N) is 3. The number of carbonyl (C=O) groups excluding carboxylic acids is 4. The lowest BCUT2D eigenvalue weighted by Crippen LogP contribution is -2.59. The summed E-state index contributed by atoms with van der Waals surface area (Å²) in [5, 5.41) is 25.7. The van der Waals surface area contributed by atoms with E-state index in [0.717, 1.165) is 6.92 Å². The van der Waals surface area contributed by atoms with Gasteiger partial charge < -0.3 is 43.4 Å². The minimum Gasteiger partial charge on any atom is -0.480 e. The van der Waals surface area contributed by atoms with Crippen molar-refractivity contribution in [1.82, 2.24) is 16.0 Å². The quantitative estimate of drug-likeness (QED) is 0.108. The monoisotopic (exact) mass is 474 g/mol. The van der Waals surface area contributed by atoms with Crippen LogP contribution in [0.5, 0.6) is 0 Å². The molecule has 13 heteroatoms. The van der Waals surface area contributed by atoms with Crippen molar-refractivity contribution in [3.8, 4) is 0 Å². The molecule has 0 heterocycles. The largest absolute Gasteiger partial charge is 0.480 e. The van der Waals surface area contributed by atoms with Crippen LogP contribution in [-0.4, -0.2) is 76.6 Å². The van der Waals surface area contributed by atoms with Gasteiger partial charge in [0, 0.05) is 0 Å². The van der Waals surface area contributed by atoms with Gasteiger partial charge in [-0.15, -0.1) is 0 Å². The third-order valence-electron chi connectivity index (χ3n) is 5.22. The third-order valence-corrected chi connectivity index (χ3v) is 5.22. The van der Waals surface area contributed by atoms with Gasteiger partial charge in [-0.1, -0.05) is 20.3 Å². The Hall–Kier alpha value is -2.77. The van der Waals surface area contributed by atoms with Crippen LogP contribution in [-0.2, 0) is 24.0 Å². The summed E-state index contributed by atoms with van der Waals surface area (Å²) < 4.78 is 0. The first-order valence-corrected chi connectivity index (χ1v) is 10.9. The van der Waals surface area contributed by atoms with E-state index in [4.69, 9.17) is 22.3 Å². The topological polar surface area (TPSA) is 240 Å². The van der Waals surface area contributed by atoms with Gasteiger partial charge in [0.25, 0.3) is 0 Å². The van der Waals surface area contributed by atoms with Crippen LogP contribution >= 0.6 is 0 Å². The van der Waals surface area contributed by atoms with Crippen molar-refractivity contribution in [2.45, 2.75) is 83.1 Å². The molecule has 11 N–H and O–H groups in total. The van der Waals surface area contributed by atoms with Crippen LogP contribution in [0.3, 0.4) is 0 Å². The number of aliphatic carboxylic acids is 1. The van der Waals surface area contributed by atoms with Crippen molar-refractivity contribution in [2.24, 2.45) is 23.1 Å². The number of hydrogen-bond donors (Lipinski definition) is 8. The number of carbonyl (C=O) groups is 5. The zero-order valence-electron chi connectivity index (χ0n) is 19.4. The number of rotatable bonds is 16. The van der Waals surface area contributed by atoms with E-state index in [1.807, 2.05) is 6.92 Å². The van der Waals surface area contributed by atoms with Gasteiger partial charge in [-0.3, -0.25) is 19.2 Å². The van der Waals surface area contributed by atoms with Gasteiger partial charge in [-0.25, -0.2) is 4.79 Å². The summed E-state index contributed by atoms with van der Waals surface area (Å²) in [7, 11) is 0. The average molecular weight is 475 g/mol. The third kappa shape index (κ3) is 11.1. The Labute approximate surface area is 193 Å². The molecule has 13 nitrogen and oxygen atoms in total. The van der Waals surface area contributed by atoms with Crippen molar-refractivity contribution < 1.29 is 34.2 Å². The van der Waals surface area contributed by atoms with Crippen LogP contribution < -0.4 is 33.2 Å².